The molecule has 0 saturated carbocycles. The van der Waals surface area contributed by atoms with Crippen LogP contribution in [0.3, 0.4) is 0 Å². The first kappa shape index (κ1) is 23.0. The van der Waals surface area contributed by atoms with E-state index in [1.165, 1.54) is 18.2 Å². The van der Waals surface area contributed by atoms with E-state index >= 15 is 0 Å². The standard InChI is InChI=1S/C25H20BrF3N2O2S/c26-22-10-2-1-7-20(22)24-19-9-4-8-18(19)21-14-17(11-12-23(21)30-24)34(32,33)31-16-6-3-5-15(13-16)25(27,28)29/h1-8,10-14,18-19,24,30-31H,9H2/t18-,19-,24+/m1/s1. The van der Waals surface area contributed by atoms with Gasteiger partial charge in [0.05, 0.1) is 16.5 Å². The SMILES string of the molecule is O=S(=O)(Nc1cccc(C(F)(F)F)c1)c1ccc2c(c1)[C@@H]1C=CC[C@H]1[C@@H](c1ccccc1Br)N2. The highest BCUT2D eigenvalue weighted by Gasteiger charge is 2.39. The largest absolute Gasteiger partial charge is 0.416 e. The highest BCUT2D eigenvalue weighted by Crippen LogP contribution is 2.51. The van der Waals surface area contributed by atoms with Gasteiger partial charge in [-0.05, 0) is 65.9 Å². The van der Waals surface area contributed by atoms with Crippen molar-refractivity contribution >= 4 is 37.3 Å². The fraction of sp³-hybridized carbons (Fsp3) is 0.200. The average Bonchev–Trinajstić information content (AvgIpc) is 3.28. The summed E-state index contributed by atoms with van der Waals surface area (Å²) in [5, 5.41) is 3.57. The third kappa shape index (κ3) is 4.22. The molecule has 0 aromatic heterocycles. The van der Waals surface area contributed by atoms with Gasteiger partial charge in [-0.1, -0.05) is 52.3 Å². The summed E-state index contributed by atoms with van der Waals surface area (Å²) in [5.74, 6) is 0.234. The second-order valence-corrected chi connectivity index (χ2v) is 11.0. The van der Waals surface area contributed by atoms with Crippen LogP contribution in [0.15, 0.2) is 88.3 Å². The quantitative estimate of drug-likeness (QED) is 0.342. The Morgan fingerprint density at radius 3 is 2.53 bits per heavy atom. The molecule has 3 atom stereocenters. The van der Waals surface area contributed by atoms with Crippen molar-refractivity contribution in [2.75, 3.05) is 10.0 Å². The zero-order chi connectivity index (χ0) is 24.1. The maximum absolute atomic E-state index is 13.0. The van der Waals surface area contributed by atoms with Gasteiger partial charge in [0.1, 0.15) is 0 Å². The minimum Gasteiger partial charge on any atom is -0.378 e. The molecule has 1 heterocycles. The molecule has 34 heavy (non-hydrogen) atoms. The highest BCUT2D eigenvalue weighted by atomic mass is 79.9. The Morgan fingerprint density at radius 2 is 1.76 bits per heavy atom. The fourth-order valence-electron chi connectivity index (χ4n) is 4.75. The molecule has 4 nitrogen and oxygen atoms in total. The first-order valence-corrected chi connectivity index (χ1v) is 12.9. The molecule has 0 radical (unpaired) electrons. The lowest BCUT2D eigenvalue weighted by Gasteiger charge is -2.38. The molecular formula is C25H20BrF3N2O2S. The monoisotopic (exact) mass is 548 g/mol. The van der Waals surface area contributed by atoms with E-state index in [1.54, 1.807) is 12.1 Å². The molecule has 0 bridgehead atoms. The van der Waals surface area contributed by atoms with E-state index < -0.39 is 21.8 Å². The molecule has 176 valence electrons. The minimum absolute atomic E-state index is 0.00357. The predicted molar refractivity (Wildman–Crippen MR) is 129 cm³/mol. The zero-order valence-corrected chi connectivity index (χ0v) is 20.1. The van der Waals surface area contributed by atoms with Crippen LogP contribution in [0.25, 0.3) is 0 Å². The van der Waals surface area contributed by atoms with Crippen LogP contribution in [0.2, 0.25) is 0 Å². The number of nitrogens with one attached hydrogen (secondary N) is 2. The van der Waals surface area contributed by atoms with Crippen molar-refractivity contribution in [2.24, 2.45) is 5.92 Å². The Balaban J connectivity index is 1.47. The van der Waals surface area contributed by atoms with Gasteiger partial charge in [0.25, 0.3) is 10.0 Å². The van der Waals surface area contributed by atoms with E-state index in [-0.39, 0.29) is 28.5 Å². The first-order valence-electron chi connectivity index (χ1n) is 10.7. The zero-order valence-electron chi connectivity index (χ0n) is 17.7. The lowest BCUT2D eigenvalue weighted by Crippen LogP contribution is -2.29. The van der Waals surface area contributed by atoms with Gasteiger partial charge >= 0.3 is 6.18 Å². The topological polar surface area (TPSA) is 58.2 Å². The van der Waals surface area contributed by atoms with Gasteiger partial charge in [0, 0.05) is 21.8 Å². The Kier molecular flexibility index (Phi) is 5.72. The molecule has 5 rings (SSSR count). The van der Waals surface area contributed by atoms with E-state index in [1.807, 2.05) is 18.2 Å². The van der Waals surface area contributed by atoms with Gasteiger partial charge in [-0.3, -0.25) is 4.72 Å². The molecule has 2 N–H and O–H groups in total. The van der Waals surface area contributed by atoms with E-state index in [9.17, 15) is 21.6 Å². The molecule has 0 saturated heterocycles. The minimum atomic E-state index is -4.56. The lowest BCUT2D eigenvalue weighted by molar-refractivity contribution is -0.137. The van der Waals surface area contributed by atoms with Gasteiger partial charge in [0.15, 0.2) is 0 Å². The van der Waals surface area contributed by atoms with Crippen molar-refractivity contribution in [3.05, 3.63) is 100 Å². The number of fused-ring (bicyclic) bond motifs is 3. The van der Waals surface area contributed by atoms with Crippen LogP contribution in [0.1, 0.15) is 35.1 Å². The van der Waals surface area contributed by atoms with Crippen molar-refractivity contribution in [2.45, 2.75) is 29.5 Å². The summed E-state index contributed by atoms with van der Waals surface area (Å²) in [5.41, 5.74) is 1.77. The molecule has 3 aromatic carbocycles. The molecule has 0 spiro atoms. The summed E-state index contributed by atoms with van der Waals surface area (Å²) < 4.78 is 68.4. The third-order valence-electron chi connectivity index (χ3n) is 6.33. The second-order valence-electron chi connectivity index (χ2n) is 8.43. The predicted octanol–water partition coefficient (Wildman–Crippen LogP) is 7.10. The number of hydrogen-bond acceptors (Lipinski definition) is 3. The molecule has 1 aliphatic carbocycles. The average molecular weight is 549 g/mol. The number of alkyl halides is 3. The van der Waals surface area contributed by atoms with E-state index in [0.29, 0.717) is 0 Å². The van der Waals surface area contributed by atoms with Gasteiger partial charge < -0.3 is 5.32 Å². The lowest BCUT2D eigenvalue weighted by atomic mass is 9.77. The Bertz CT molecular complexity index is 1390. The normalized spacial score (nSPS) is 21.5. The van der Waals surface area contributed by atoms with Crippen LogP contribution < -0.4 is 10.0 Å². The van der Waals surface area contributed by atoms with Gasteiger partial charge in [0.2, 0.25) is 0 Å². The summed E-state index contributed by atoms with van der Waals surface area (Å²) >= 11 is 3.64. The molecule has 0 amide bonds. The Morgan fingerprint density at radius 1 is 0.971 bits per heavy atom. The molecule has 3 aromatic rings. The molecular weight excluding hydrogens is 529 g/mol. The number of sulfonamides is 1. The van der Waals surface area contributed by atoms with Crippen molar-refractivity contribution in [1.29, 1.82) is 0 Å². The van der Waals surface area contributed by atoms with Crippen molar-refractivity contribution < 1.29 is 21.6 Å². The number of allylic oxidation sites excluding steroid dienone is 2. The van der Waals surface area contributed by atoms with Gasteiger partial charge in [-0.25, -0.2) is 8.42 Å². The van der Waals surface area contributed by atoms with Crippen LogP contribution in [-0.4, -0.2) is 8.42 Å². The van der Waals surface area contributed by atoms with Crippen LogP contribution in [0.4, 0.5) is 24.5 Å². The smallest absolute Gasteiger partial charge is 0.378 e. The van der Waals surface area contributed by atoms with E-state index in [0.717, 1.165) is 39.8 Å². The molecule has 9 heteroatoms. The van der Waals surface area contributed by atoms with E-state index in [4.69, 9.17) is 0 Å². The molecule has 2 aliphatic rings. The summed E-state index contributed by atoms with van der Waals surface area (Å²) in [6.07, 6.45) is 0.498. The van der Waals surface area contributed by atoms with Crippen LogP contribution in [0.5, 0.6) is 0 Å². The molecule has 0 fully saturated rings. The molecule has 0 unspecified atom stereocenters. The van der Waals surface area contributed by atoms with Crippen molar-refractivity contribution in [3.63, 3.8) is 0 Å². The Hall–Kier alpha value is -2.78. The van der Waals surface area contributed by atoms with Crippen molar-refractivity contribution in [1.82, 2.24) is 0 Å². The van der Waals surface area contributed by atoms with Crippen LogP contribution in [0, 0.1) is 5.92 Å². The van der Waals surface area contributed by atoms with Crippen LogP contribution in [-0.2, 0) is 16.2 Å². The summed E-state index contributed by atoms with van der Waals surface area (Å²) in [6, 6.07) is 17.0. The number of benzene rings is 3. The third-order valence-corrected chi connectivity index (χ3v) is 8.43. The number of rotatable bonds is 4. The highest BCUT2D eigenvalue weighted by molar-refractivity contribution is 9.10. The summed E-state index contributed by atoms with van der Waals surface area (Å²) in [6.45, 7) is 0. The Labute approximate surface area is 204 Å². The van der Waals surface area contributed by atoms with Gasteiger partial charge in [-0.2, -0.15) is 13.2 Å². The van der Waals surface area contributed by atoms with Gasteiger partial charge in [-0.15, -0.1) is 0 Å². The number of anilines is 2. The first-order chi connectivity index (χ1) is 16.1. The second kappa shape index (κ2) is 8.46. The fourth-order valence-corrected chi connectivity index (χ4v) is 6.36. The maximum Gasteiger partial charge on any atom is 0.416 e. The summed E-state index contributed by atoms with van der Waals surface area (Å²) in [4.78, 5) is 0.00357. The van der Waals surface area contributed by atoms with E-state index in [2.05, 4.69) is 44.2 Å². The van der Waals surface area contributed by atoms with Crippen molar-refractivity contribution in [3.8, 4) is 0 Å². The van der Waals surface area contributed by atoms with Crippen LogP contribution >= 0.6 is 15.9 Å². The number of hydrogen-bond donors (Lipinski definition) is 2. The molecule has 1 aliphatic heterocycles. The maximum atomic E-state index is 13.0. The summed E-state index contributed by atoms with van der Waals surface area (Å²) in [7, 11) is -4.09. The number of halogens is 4.